The van der Waals surface area contributed by atoms with Crippen LogP contribution in [0.25, 0.3) is 0 Å². The zero-order valence-corrected chi connectivity index (χ0v) is 12.9. The van der Waals surface area contributed by atoms with E-state index in [1.54, 1.807) is 26.0 Å². The smallest absolute Gasteiger partial charge is 0.355 e. The van der Waals surface area contributed by atoms with Crippen LogP contribution in [0.1, 0.15) is 30.6 Å². The van der Waals surface area contributed by atoms with Crippen molar-refractivity contribution in [1.82, 2.24) is 5.43 Å². The molecule has 0 aliphatic heterocycles. The molecule has 0 bridgehead atoms. The highest BCUT2D eigenvalue weighted by molar-refractivity contribution is 6.39. The Kier molecular flexibility index (Phi) is 7.25. The van der Waals surface area contributed by atoms with Gasteiger partial charge in [-0.2, -0.15) is 5.10 Å². The SMILES string of the molecule is CCOC(=O)CC(=NNC(=O)c1ccccc1O)C(=O)OCC. The molecule has 1 aromatic carbocycles. The van der Waals surface area contributed by atoms with Crippen molar-refractivity contribution in [2.45, 2.75) is 20.3 Å². The quantitative estimate of drug-likeness (QED) is 0.439. The number of aromatic hydroxyl groups is 1. The second kappa shape index (κ2) is 9.19. The molecule has 8 nitrogen and oxygen atoms in total. The number of hydrogen-bond acceptors (Lipinski definition) is 7. The Labute approximate surface area is 133 Å². The Morgan fingerprint density at radius 3 is 2.39 bits per heavy atom. The highest BCUT2D eigenvalue weighted by Crippen LogP contribution is 2.14. The lowest BCUT2D eigenvalue weighted by molar-refractivity contribution is -0.143. The summed E-state index contributed by atoms with van der Waals surface area (Å²) in [6.07, 6.45) is -0.437. The summed E-state index contributed by atoms with van der Waals surface area (Å²) in [5.74, 6) is -2.47. The Bertz CT molecular complexity index is 612. The van der Waals surface area contributed by atoms with Crippen molar-refractivity contribution in [2.24, 2.45) is 5.10 Å². The lowest BCUT2D eigenvalue weighted by Crippen LogP contribution is -2.27. The molecular formula is C15H18N2O6. The number of phenolic OH excluding ortho intramolecular Hbond substituents is 1. The molecule has 0 aliphatic carbocycles. The zero-order chi connectivity index (χ0) is 17.2. The van der Waals surface area contributed by atoms with E-state index in [1.807, 2.05) is 0 Å². The molecule has 0 aromatic heterocycles. The van der Waals surface area contributed by atoms with Crippen molar-refractivity contribution in [3.05, 3.63) is 29.8 Å². The van der Waals surface area contributed by atoms with Gasteiger partial charge in [0.25, 0.3) is 5.91 Å². The maximum absolute atomic E-state index is 11.9. The minimum absolute atomic E-state index is 0.0180. The van der Waals surface area contributed by atoms with Crippen LogP contribution in [0.2, 0.25) is 0 Å². The van der Waals surface area contributed by atoms with Crippen molar-refractivity contribution in [3.8, 4) is 5.75 Å². The maximum atomic E-state index is 11.9. The highest BCUT2D eigenvalue weighted by Gasteiger charge is 2.19. The second-order valence-corrected chi connectivity index (χ2v) is 4.22. The fraction of sp³-hybridized carbons (Fsp3) is 0.333. The van der Waals surface area contributed by atoms with E-state index in [-0.39, 0.29) is 30.2 Å². The predicted octanol–water partition coefficient (Wildman–Crippen LogP) is 0.994. The number of amides is 1. The number of esters is 2. The summed E-state index contributed by atoms with van der Waals surface area (Å²) in [6.45, 7) is 3.47. The Hall–Kier alpha value is -2.90. The third kappa shape index (κ3) is 5.77. The fourth-order valence-corrected chi connectivity index (χ4v) is 1.56. The summed E-state index contributed by atoms with van der Waals surface area (Å²) < 4.78 is 9.50. The van der Waals surface area contributed by atoms with Gasteiger partial charge in [0.05, 0.1) is 25.2 Å². The van der Waals surface area contributed by atoms with Crippen LogP contribution >= 0.6 is 0 Å². The third-order valence-electron chi connectivity index (χ3n) is 2.57. The number of nitrogens with zero attached hydrogens (tertiary/aromatic N) is 1. The number of nitrogens with one attached hydrogen (secondary N) is 1. The van der Waals surface area contributed by atoms with Crippen molar-refractivity contribution < 1.29 is 29.0 Å². The van der Waals surface area contributed by atoms with Crippen LogP contribution in [0, 0.1) is 0 Å². The molecular weight excluding hydrogens is 304 g/mol. The molecule has 8 heteroatoms. The number of hydrazone groups is 1. The van der Waals surface area contributed by atoms with Gasteiger partial charge < -0.3 is 14.6 Å². The van der Waals surface area contributed by atoms with Gasteiger partial charge in [-0.1, -0.05) is 12.1 Å². The summed E-state index contributed by atoms with van der Waals surface area (Å²) in [7, 11) is 0. The normalized spacial score (nSPS) is 10.8. The molecule has 0 fully saturated rings. The number of carbonyl (C=O) groups excluding carboxylic acids is 3. The Morgan fingerprint density at radius 2 is 1.78 bits per heavy atom. The van der Waals surface area contributed by atoms with E-state index in [1.165, 1.54) is 12.1 Å². The van der Waals surface area contributed by atoms with Gasteiger partial charge in [-0.05, 0) is 26.0 Å². The molecule has 1 rings (SSSR count). The van der Waals surface area contributed by atoms with Crippen LogP contribution < -0.4 is 5.43 Å². The third-order valence-corrected chi connectivity index (χ3v) is 2.57. The Balaban J connectivity index is 2.86. The van der Waals surface area contributed by atoms with Gasteiger partial charge in [0.15, 0.2) is 5.71 Å². The molecule has 1 aromatic rings. The first kappa shape index (κ1) is 18.1. The molecule has 0 saturated heterocycles. The van der Waals surface area contributed by atoms with Gasteiger partial charge in [-0.15, -0.1) is 0 Å². The number of carbonyl (C=O) groups is 3. The minimum atomic E-state index is -0.835. The molecule has 0 saturated carbocycles. The standard InChI is InChI=1S/C15H18N2O6/c1-3-22-13(19)9-11(15(21)23-4-2)16-17-14(20)10-7-5-6-8-12(10)18/h5-8,18H,3-4,9H2,1-2H3,(H,17,20). The molecule has 0 aliphatic rings. The minimum Gasteiger partial charge on any atom is -0.507 e. The number of phenols is 1. The van der Waals surface area contributed by atoms with Gasteiger partial charge >= 0.3 is 11.9 Å². The van der Waals surface area contributed by atoms with Crippen molar-refractivity contribution in [3.63, 3.8) is 0 Å². The zero-order valence-electron chi connectivity index (χ0n) is 12.9. The summed E-state index contributed by atoms with van der Waals surface area (Å²) in [6, 6.07) is 5.84. The van der Waals surface area contributed by atoms with Crippen LogP contribution in [0.3, 0.4) is 0 Å². The van der Waals surface area contributed by atoms with Crippen LogP contribution in [-0.2, 0) is 19.1 Å². The van der Waals surface area contributed by atoms with E-state index in [4.69, 9.17) is 9.47 Å². The molecule has 124 valence electrons. The van der Waals surface area contributed by atoms with Crippen LogP contribution in [0.5, 0.6) is 5.75 Å². The van der Waals surface area contributed by atoms with Crippen molar-refractivity contribution in [2.75, 3.05) is 13.2 Å². The number of benzene rings is 1. The average Bonchev–Trinajstić information content (AvgIpc) is 2.52. The van der Waals surface area contributed by atoms with E-state index < -0.39 is 24.3 Å². The average molecular weight is 322 g/mol. The van der Waals surface area contributed by atoms with Crippen molar-refractivity contribution in [1.29, 1.82) is 0 Å². The van der Waals surface area contributed by atoms with E-state index in [0.717, 1.165) is 0 Å². The first-order valence-electron chi connectivity index (χ1n) is 6.97. The van der Waals surface area contributed by atoms with Crippen LogP contribution in [0.15, 0.2) is 29.4 Å². The lowest BCUT2D eigenvalue weighted by Gasteiger charge is -2.07. The largest absolute Gasteiger partial charge is 0.507 e. The first-order chi connectivity index (χ1) is 11.0. The van der Waals surface area contributed by atoms with Gasteiger partial charge in [0, 0.05) is 0 Å². The maximum Gasteiger partial charge on any atom is 0.355 e. The first-order valence-corrected chi connectivity index (χ1v) is 6.97. The molecule has 0 spiro atoms. The number of hydrogen-bond donors (Lipinski definition) is 2. The molecule has 0 atom stereocenters. The van der Waals surface area contributed by atoms with E-state index in [9.17, 15) is 19.5 Å². The molecule has 0 radical (unpaired) electrons. The van der Waals surface area contributed by atoms with E-state index in [0.29, 0.717) is 0 Å². The molecule has 0 unspecified atom stereocenters. The van der Waals surface area contributed by atoms with Gasteiger partial charge in [0.2, 0.25) is 0 Å². The molecule has 0 heterocycles. The lowest BCUT2D eigenvalue weighted by atomic mass is 10.2. The summed E-state index contributed by atoms with van der Waals surface area (Å²) >= 11 is 0. The summed E-state index contributed by atoms with van der Waals surface area (Å²) in [5.41, 5.74) is 1.79. The van der Waals surface area contributed by atoms with Gasteiger partial charge in [-0.3, -0.25) is 9.59 Å². The van der Waals surface area contributed by atoms with Crippen molar-refractivity contribution >= 4 is 23.6 Å². The highest BCUT2D eigenvalue weighted by atomic mass is 16.5. The van der Waals surface area contributed by atoms with Gasteiger partial charge in [-0.25, -0.2) is 10.2 Å². The number of para-hydroxylation sites is 1. The van der Waals surface area contributed by atoms with E-state index >= 15 is 0 Å². The summed E-state index contributed by atoms with van der Waals surface area (Å²) in [4.78, 5) is 35.1. The van der Waals surface area contributed by atoms with Crippen LogP contribution in [0.4, 0.5) is 0 Å². The second-order valence-electron chi connectivity index (χ2n) is 4.22. The number of rotatable bonds is 7. The molecule has 1 amide bonds. The van der Waals surface area contributed by atoms with Crippen LogP contribution in [-0.4, -0.2) is 41.9 Å². The van der Waals surface area contributed by atoms with Gasteiger partial charge in [0.1, 0.15) is 5.75 Å². The summed E-state index contributed by atoms with van der Waals surface area (Å²) in [5, 5.41) is 13.2. The molecule has 2 N–H and O–H groups in total. The van der Waals surface area contributed by atoms with E-state index in [2.05, 4.69) is 10.5 Å². The Morgan fingerprint density at radius 1 is 1.13 bits per heavy atom. The number of ether oxygens (including phenoxy) is 2. The monoisotopic (exact) mass is 322 g/mol. The topological polar surface area (TPSA) is 114 Å². The molecule has 23 heavy (non-hydrogen) atoms. The fourth-order valence-electron chi connectivity index (χ4n) is 1.56. The predicted molar refractivity (Wildman–Crippen MR) is 80.9 cm³/mol.